The molecule has 0 N–H and O–H groups in total. The molecule has 4 rings (SSSR count). The summed E-state index contributed by atoms with van der Waals surface area (Å²) in [7, 11) is 0. The predicted octanol–water partition coefficient (Wildman–Crippen LogP) is 1.73. The molecule has 0 aromatic carbocycles. The molecular formula is C13H15N5O2. The lowest BCUT2D eigenvalue weighted by atomic mass is 10.1. The van der Waals surface area contributed by atoms with Crippen LogP contribution in [-0.2, 0) is 0 Å². The molecule has 2 atom stereocenters. The zero-order valence-electron chi connectivity index (χ0n) is 11.2. The summed E-state index contributed by atoms with van der Waals surface area (Å²) in [5.41, 5.74) is 0.639. The molecule has 0 amide bonds. The molecule has 1 aliphatic carbocycles. The van der Waals surface area contributed by atoms with Crippen LogP contribution in [-0.4, -0.2) is 39.4 Å². The average molecular weight is 273 g/mol. The van der Waals surface area contributed by atoms with Crippen LogP contribution in [0.4, 0.5) is 0 Å². The van der Waals surface area contributed by atoms with Gasteiger partial charge in [0.25, 0.3) is 5.84 Å². The van der Waals surface area contributed by atoms with E-state index in [1.54, 1.807) is 12.4 Å². The maximum atomic E-state index is 13.3. The van der Waals surface area contributed by atoms with Crippen molar-refractivity contribution in [1.82, 2.24) is 10.1 Å². The first kappa shape index (κ1) is 11.9. The van der Waals surface area contributed by atoms with Gasteiger partial charge in [0.1, 0.15) is 12.6 Å². The summed E-state index contributed by atoms with van der Waals surface area (Å²) in [6.07, 6.45) is 6.17. The fraction of sp³-hybridized carbons (Fsp3) is 0.538. The molecule has 7 nitrogen and oxygen atoms in total. The number of aliphatic imine (C=N–C) groups is 2. The lowest BCUT2D eigenvalue weighted by Gasteiger charge is -2.43. The topological polar surface area (TPSA) is 86.7 Å². The zero-order valence-corrected chi connectivity index (χ0v) is 11.2. The van der Waals surface area contributed by atoms with Crippen LogP contribution in [0, 0.1) is 5.21 Å². The molecule has 7 heteroatoms. The largest absolute Gasteiger partial charge is 0.620 e. The van der Waals surface area contributed by atoms with Gasteiger partial charge in [-0.15, -0.1) is 0 Å². The van der Waals surface area contributed by atoms with Crippen molar-refractivity contribution in [3.63, 3.8) is 0 Å². The van der Waals surface area contributed by atoms with E-state index in [0.29, 0.717) is 36.2 Å². The summed E-state index contributed by atoms with van der Waals surface area (Å²) in [6.45, 7) is 2.32. The van der Waals surface area contributed by atoms with Gasteiger partial charge in [-0.2, -0.15) is 4.98 Å². The molecule has 3 aliphatic rings. The number of quaternary nitrogens is 1. The molecule has 0 radical (unpaired) electrons. The highest BCUT2D eigenvalue weighted by Gasteiger charge is 2.46. The molecule has 2 unspecified atom stereocenters. The van der Waals surface area contributed by atoms with Crippen LogP contribution in [0.2, 0.25) is 0 Å². The first-order valence-corrected chi connectivity index (χ1v) is 6.95. The summed E-state index contributed by atoms with van der Waals surface area (Å²) in [5.74, 6) is 1.69. The van der Waals surface area contributed by atoms with Crippen molar-refractivity contribution >= 4 is 12.1 Å². The molecule has 0 saturated heterocycles. The Morgan fingerprint density at radius 2 is 2.30 bits per heavy atom. The maximum absolute atomic E-state index is 13.3. The van der Waals surface area contributed by atoms with Crippen molar-refractivity contribution in [2.24, 2.45) is 9.98 Å². The minimum absolute atomic E-state index is 0.263. The summed E-state index contributed by atoms with van der Waals surface area (Å²) < 4.78 is 4.66. The molecule has 104 valence electrons. The Bertz CT molecular complexity index is 643. The van der Waals surface area contributed by atoms with E-state index >= 15 is 0 Å². The second-order valence-corrected chi connectivity index (χ2v) is 5.42. The lowest BCUT2D eigenvalue weighted by Crippen LogP contribution is -2.53. The third-order valence-electron chi connectivity index (χ3n) is 4.07. The molecule has 1 aromatic heterocycles. The number of amidine groups is 1. The average Bonchev–Trinajstić information content (AvgIpc) is 3.08. The van der Waals surface area contributed by atoms with Crippen LogP contribution in [0.25, 0.3) is 0 Å². The van der Waals surface area contributed by atoms with Crippen LogP contribution in [0.3, 0.4) is 0 Å². The van der Waals surface area contributed by atoms with E-state index in [4.69, 9.17) is 4.52 Å². The molecule has 1 saturated carbocycles. The monoisotopic (exact) mass is 273 g/mol. The fourth-order valence-electron chi connectivity index (χ4n) is 2.73. The van der Waals surface area contributed by atoms with Gasteiger partial charge in [-0.25, -0.2) is 4.99 Å². The van der Waals surface area contributed by atoms with Crippen LogP contribution < -0.4 is 0 Å². The van der Waals surface area contributed by atoms with Crippen molar-refractivity contribution in [3.8, 4) is 0 Å². The maximum Gasteiger partial charge on any atom is 0.333 e. The smallest absolute Gasteiger partial charge is 0.333 e. The minimum atomic E-state index is -0.619. The third kappa shape index (κ3) is 1.53. The normalized spacial score (nSPS) is 32.0. The van der Waals surface area contributed by atoms with Crippen LogP contribution in [0.1, 0.15) is 43.8 Å². The Morgan fingerprint density at radius 1 is 1.45 bits per heavy atom. The van der Waals surface area contributed by atoms with Gasteiger partial charge in [-0.1, -0.05) is 12.1 Å². The van der Waals surface area contributed by atoms with Gasteiger partial charge in [-0.05, 0) is 12.8 Å². The van der Waals surface area contributed by atoms with Crippen LogP contribution in [0.15, 0.2) is 26.4 Å². The van der Waals surface area contributed by atoms with Gasteiger partial charge in [0.2, 0.25) is 0 Å². The van der Waals surface area contributed by atoms with E-state index in [2.05, 4.69) is 20.1 Å². The number of hydrogen-bond donors (Lipinski definition) is 0. The van der Waals surface area contributed by atoms with Crippen molar-refractivity contribution in [2.75, 3.05) is 6.54 Å². The van der Waals surface area contributed by atoms with Gasteiger partial charge in [-0.3, -0.25) is 9.64 Å². The number of aromatic nitrogens is 2. The fourth-order valence-corrected chi connectivity index (χ4v) is 2.73. The minimum Gasteiger partial charge on any atom is -0.620 e. The number of hydrogen-bond acceptors (Lipinski definition) is 6. The van der Waals surface area contributed by atoms with Gasteiger partial charge in [0.05, 0.1) is 12.4 Å². The van der Waals surface area contributed by atoms with Crippen molar-refractivity contribution < 1.29 is 9.17 Å². The van der Waals surface area contributed by atoms with Crippen molar-refractivity contribution in [1.29, 1.82) is 0 Å². The zero-order chi connectivity index (χ0) is 13.7. The highest BCUT2D eigenvalue weighted by Crippen LogP contribution is 2.39. The Balaban J connectivity index is 1.73. The number of nitrogens with zero attached hydrogens (tertiary/aromatic N) is 5. The highest BCUT2D eigenvalue weighted by molar-refractivity contribution is 5.93. The van der Waals surface area contributed by atoms with Gasteiger partial charge >= 0.3 is 5.89 Å². The Labute approximate surface area is 115 Å². The molecule has 1 fully saturated rings. The van der Waals surface area contributed by atoms with E-state index in [1.807, 2.05) is 6.92 Å². The summed E-state index contributed by atoms with van der Waals surface area (Å²) in [6, 6.07) is -0.271. The summed E-state index contributed by atoms with van der Waals surface area (Å²) in [5, 5.41) is 17.3. The van der Waals surface area contributed by atoms with E-state index in [0.717, 1.165) is 12.8 Å². The SMILES string of the molecule is CCC1C=NC=C2CN=C(c3nc(C4CC4)no3)[N+]21[O-]. The standard InChI is InChI=1S/C13H15N5O2/c1-2-9-5-14-6-10-7-15-12(18(9,10)19)13-16-11(17-20-13)8-3-4-8/h5-6,8-9H,2-4,7H2,1H3. The molecular weight excluding hydrogens is 258 g/mol. The quantitative estimate of drug-likeness (QED) is 0.619. The Kier molecular flexibility index (Phi) is 2.42. The summed E-state index contributed by atoms with van der Waals surface area (Å²) in [4.78, 5) is 12.9. The Morgan fingerprint density at radius 3 is 3.05 bits per heavy atom. The van der Waals surface area contributed by atoms with E-state index in [-0.39, 0.29) is 11.9 Å². The first-order valence-electron chi connectivity index (χ1n) is 6.95. The predicted molar refractivity (Wildman–Crippen MR) is 72.0 cm³/mol. The van der Waals surface area contributed by atoms with Crippen molar-refractivity contribution in [2.45, 2.75) is 38.1 Å². The van der Waals surface area contributed by atoms with E-state index < -0.39 is 4.65 Å². The highest BCUT2D eigenvalue weighted by atomic mass is 16.6. The van der Waals surface area contributed by atoms with E-state index in [9.17, 15) is 5.21 Å². The second-order valence-electron chi connectivity index (χ2n) is 5.42. The molecule has 1 aromatic rings. The number of rotatable bonds is 3. The van der Waals surface area contributed by atoms with Crippen molar-refractivity contribution in [3.05, 3.63) is 28.8 Å². The van der Waals surface area contributed by atoms with Gasteiger partial charge in [0, 0.05) is 12.3 Å². The first-order chi connectivity index (χ1) is 9.73. The van der Waals surface area contributed by atoms with Crippen LogP contribution in [0.5, 0.6) is 0 Å². The van der Waals surface area contributed by atoms with Gasteiger partial charge in [0.15, 0.2) is 11.5 Å². The molecule has 3 heterocycles. The Hall–Kier alpha value is -1.86. The number of fused-ring (bicyclic) bond motifs is 1. The summed E-state index contributed by atoms with van der Waals surface area (Å²) >= 11 is 0. The second kappa shape index (κ2) is 4.07. The van der Waals surface area contributed by atoms with Crippen LogP contribution >= 0.6 is 0 Å². The molecule has 0 spiro atoms. The molecule has 20 heavy (non-hydrogen) atoms. The van der Waals surface area contributed by atoms with E-state index in [1.165, 1.54) is 0 Å². The van der Waals surface area contributed by atoms with Gasteiger partial charge < -0.3 is 9.73 Å². The third-order valence-corrected chi connectivity index (χ3v) is 4.07. The molecule has 2 aliphatic heterocycles. The number of hydroxylamine groups is 3. The molecule has 0 bridgehead atoms. The lowest BCUT2D eigenvalue weighted by molar-refractivity contribution is -0.760.